The molecule has 3 aliphatic rings. The molecule has 4 N–H and O–H groups in total. The number of likely N-dealkylation sites (tertiary alicyclic amines) is 1. The van der Waals surface area contributed by atoms with Crippen molar-refractivity contribution in [3.63, 3.8) is 0 Å². The van der Waals surface area contributed by atoms with Crippen molar-refractivity contribution in [2.75, 3.05) is 52.4 Å². The van der Waals surface area contributed by atoms with Crippen LogP contribution in [-0.4, -0.2) is 93.9 Å². The van der Waals surface area contributed by atoms with Gasteiger partial charge in [0.05, 0.1) is 34.6 Å². The minimum Gasteiger partial charge on any atom is -0.506 e. The lowest BCUT2D eigenvalue weighted by atomic mass is 9.89. The standard InChI is InChI=1S/C33H47N5O5S2/c39-26-11-10-24(29-28(26)36-32(42)45-29)27(40)20-34-14-6-4-2-1-3-5-7-15-37-16-12-33(13-17-37)22-38(18-19-43-33)31(41)25-21-44-30(35-25)23-8-9-23/h10-11,21,23,27,34,39-40H,1-9,12-20,22H2,(H,36,42)/t27-/m0/s1. The van der Waals surface area contributed by atoms with Gasteiger partial charge in [0, 0.05) is 43.0 Å². The second kappa shape index (κ2) is 15.0. The van der Waals surface area contributed by atoms with Crippen molar-refractivity contribution in [1.29, 1.82) is 0 Å². The number of aromatic nitrogens is 2. The SMILES string of the molecule is O=C(c1csc(C2CC2)n1)N1CCOC2(CCN(CCCCCCCCCNC[C@H](O)c3ccc(O)c4[nH]c(=O)sc34)CC2)C1. The first-order valence-corrected chi connectivity index (χ1v) is 18.4. The summed E-state index contributed by atoms with van der Waals surface area (Å²) in [6.07, 6.45) is 12.1. The van der Waals surface area contributed by atoms with Gasteiger partial charge in [0.15, 0.2) is 0 Å². The lowest BCUT2D eigenvalue weighted by Gasteiger charge is -2.47. The molecular formula is C33H47N5O5S2. The number of rotatable bonds is 15. The zero-order valence-corrected chi connectivity index (χ0v) is 27.7. The number of aliphatic hydroxyl groups is 1. The van der Waals surface area contributed by atoms with Gasteiger partial charge in [-0.15, -0.1) is 11.3 Å². The third kappa shape index (κ3) is 8.33. The van der Waals surface area contributed by atoms with E-state index in [0.29, 0.717) is 53.6 Å². The number of aromatic hydroxyl groups is 1. The molecule has 1 amide bonds. The van der Waals surface area contributed by atoms with Gasteiger partial charge in [-0.25, -0.2) is 4.98 Å². The van der Waals surface area contributed by atoms with E-state index < -0.39 is 6.10 Å². The smallest absolute Gasteiger partial charge is 0.305 e. The maximum atomic E-state index is 13.2. The van der Waals surface area contributed by atoms with Crippen LogP contribution in [0.1, 0.15) is 104 Å². The molecule has 3 aromatic rings. The van der Waals surface area contributed by atoms with Crippen LogP contribution < -0.4 is 10.2 Å². The van der Waals surface area contributed by atoms with Crippen LogP contribution in [-0.2, 0) is 4.74 Å². The molecule has 45 heavy (non-hydrogen) atoms. The van der Waals surface area contributed by atoms with Crippen molar-refractivity contribution in [2.45, 2.75) is 88.3 Å². The fraction of sp³-hybridized carbons (Fsp3) is 0.667. The fourth-order valence-corrected chi connectivity index (χ4v) is 8.57. The molecule has 0 bridgehead atoms. The Bertz CT molecular complexity index is 1480. The van der Waals surface area contributed by atoms with Crippen LogP contribution in [0, 0.1) is 0 Å². The van der Waals surface area contributed by atoms with E-state index in [9.17, 15) is 19.8 Å². The molecule has 1 saturated carbocycles. The molecule has 2 aromatic heterocycles. The molecule has 10 nitrogen and oxygen atoms in total. The summed E-state index contributed by atoms with van der Waals surface area (Å²) in [5, 5.41) is 27.0. The van der Waals surface area contributed by atoms with E-state index in [1.807, 2.05) is 10.3 Å². The van der Waals surface area contributed by atoms with Crippen LogP contribution in [0.2, 0.25) is 0 Å². The third-order valence-corrected chi connectivity index (χ3v) is 11.5. The lowest BCUT2D eigenvalue weighted by molar-refractivity contribution is -0.127. The molecule has 12 heteroatoms. The number of thiazole rings is 2. The number of phenolic OH excluding ortho intramolecular Hbond substituents is 1. The molecule has 1 aromatic carbocycles. The predicted octanol–water partition coefficient (Wildman–Crippen LogP) is 4.99. The molecule has 1 atom stereocenters. The number of piperidine rings is 1. The number of ether oxygens (including phenoxy) is 1. The van der Waals surface area contributed by atoms with Gasteiger partial charge in [-0.05, 0) is 57.7 Å². The van der Waals surface area contributed by atoms with Crippen molar-refractivity contribution in [1.82, 2.24) is 25.1 Å². The normalized spacial score (nSPS) is 19.4. The third-order valence-electron chi connectivity index (χ3n) is 9.58. The average molecular weight is 658 g/mol. The Kier molecular flexibility index (Phi) is 10.9. The van der Waals surface area contributed by atoms with E-state index in [-0.39, 0.29) is 22.1 Å². The Hall–Kier alpha value is -2.35. The first-order chi connectivity index (χ1) is 21.9. The number of hydrogen-bond acceptors (Lipinski definition) is 10. The molecule has 1 spiro atoms. The zero-order valence-electron chi connectivity index (χ0n) is 26.1. The second-order valence-corrected chi connectivity index (χ2v) is 14.9. The van der Waals surface area contributed by atoms with Crippen LogP contribution in [0.3, 0.4) is 0 Å². The number of hydrogen-bond donors (Lipinski definition) is 4. The zero-order chi connectivity index (χ0) is 31.2. The number of aliphatic hydroxyl groups excluding tert-OH is 1. The van der Waals surface area contributed by atoms with Gasteiger partial charge < -0.3 is 35.1 Å². The molecule has 1 aliphatic carbocycles. The molecule has 2 aliphatic heterocycles. The highest BCUT2D eigenvalue weighted by Gasteiger charge is 2.41. The summed E-state index contributed by atoms with van der Waals surface area (Å²) in [4.78, 5) is 36.4. The summed E-state index contributed by atoms with van der Waals surface area (Å²) in [5.74, 6) is 0.687. The van der Waals surface area contributed by atoms with E-state index in [0.717, 1.165) is 61.8 Å². The van der Waals surface area contributed by atoms with E-state index in [1.54, 1.807) is 17.4 Å². The van der Waals surface area contributed by atoms with Gasteiger partial charge >= 0.3 is 4.87 Å². The Labute approximate surface area is 272 Å². The van der Waals surface area contributed by atoms with Crippen LogP contribution in [0.25, 0.3) is 10.2 Å². The van der Waals surface area contributed by atoms with E-state index in [2.05, 4.69) is 20.2 Å². The highest BCUT2D eigenvalue weighted by atomic mass is 32.1. The maximum absolute atomic E-state index is 13.2. The summed E-state index contributed by atoms with van der Waals surface area (Å²) < 4.78 is 6.92. The monoisotopic (exact) mass is 657 g/mol. The molecule has 4 heterocycles. The van der Waals surface area contributed by atoms with Crippen molar-refractivity contribution >= 4 is 38.8 Å². The Morgan fingerprint density at radius 1 is 1.11 bits per heavy atom. The van der Waals surface area contributed by atoms with Gasteiger partial charge in [0.2, 0.25) is 0 Å². The van der Waals surface area contributed by atoms with Gasteiger partial charge in [-0.1, -0.05) is 49.5 Å². The largest absolute Gasteiger partial charge is 0.506 e. The quantitative estimate of drug-likeness (QED) is 0.168. The first-order valence-electron chi connectivity index (χ1n) is 16.8. The lowest BCUT2D eigenvalue weighted by Crippen LogP contribution is -2.58. The highest BCUT2D eigenvalue weighted by molar-refractivity contribution is 7.16. The molecule has 0 radical (unpaired) electrons. The Morgan fingerprint density at radius 3 is 2.64 bits per heavy atom. The van der Waals surface area contributed by atoms with Crippen LogP contribution >= 0.6 is 22.7 Å². The number of H-pyrrole nitrogens is 1. The van der Waals surface area contributed by atoms with Gasteiger partial charge in [0.25, 0.3) is 5.91 Å². The number of morpholine rings is 1. The van der Waals surface area contributed by atoms with Gasteiger partial charge in [-0.2, -0.15) is 0 Å². The highest BCUT2D eigenvalue weighted by Crippen LogP contribution is 2.41. The number of carbonyl (C=O) groups excluding carboxylic acids is 1. The van der Waals surface area contributed by atoms with Gasteiger partial charge in [0.1, 0.15) is 17.0 Å². The van der Waals surface area contributed by atoms with E-state index in [1.165, 1.54) is 57.4 Å². The van der Waals surface area contributed by atoms with Crippen molar-refractivity contribution < 1.29 is 19.7 Å². The molecular weight excluding hydrogens is 611 g/mol. The first kappa shape index (κ1) is 32.6. The second-order valence-electron chi connectivity index (χ2n) is 13.0. The van der Waals surface area contributed by atoms with Crippen molar-refractivity contribution in [3.8, 4) is 5.75 Å². The van der Waals surface area contributed by atoms with E-state index >= 15 is 0 Å². The Balaban J connectivity index is 0.791. The fourth-order valence-electron chi connectivity index (χ4n) is 6.69. The van der Waals surface area contributed by atoms with E-state index in [4.69, 9.17) is 4.74 Å². The molecule has 0 unspecified atom stereocenters. The van der Waals surface area contributed by atoms with Crippen molar-refractivity contribution in [3.05, 3.63) is 43.4 Å². The number of nitrogens with zero attached hydrogens (tertiary/aromatic N) is 3. The number of unbranched alkanes of at least 4 members (excludes halogenated alkanes) is 6. The average Bonchev–Trinajstić information content (AvgIpc) is 3.63. The minimum absolute atomic E-state index is 0.0260. The summed E-state index contributed by atoms with van der Waals surface area (Å²) in [7, 11) is 0. The summed E-state index contributed by atoms with van der Waals surface area (Å²) >= 11 is 2.65. The number of nitrogens with one attached hydrogen (secondary N) is 2. The van der Waals surface area contributed by atoms with Crippen LogP contribution in [0.4, 0.5) is 0 Å². The number of fused-ring (bicyclic) bond motifs is 1. The number of aromatic amines is 1. The summed E-state index contributed by atoms with van der Waals surface area (Å²) in [5.41, 5.74) is 1.48. The molecule has 246 valence electrons. The molecule has 2 saturated heterocycles. The number of phenols is 1. The number of benzene rings is 1. The minimum atomic E-state index is -0.729. The molecule has 6 rings (SSSR count). The van der Waals surface area contributed by atoms with Gasteiger partial charge in [-0.3, -0.25) is 9.59 Å². The predicted molar refractivity (Wildman–Crippen MR) is 179 cm³/mol. The van der Waals surface area contributed by atoms with Crippen molar-refractivity contribution in [2.24, 2.45) is 0 Å². The maximum Gasteiger partial charge on any atom is 0.305 e. The van der Waals surface area contributed by atoms with Crippen LogP contribution in [0.15, 0.2) is 22.3 Å². The summed E-state index contributed by atoms with van der Waals surface area (Å²) in [6.45, 7) is 6.44. The number of carbonyl (C=O) groups is 1. The Morgan fingerprint density at radius 2 is 1.87 bits per heavy atom. The number of amides is 1. The van der Waals surface area contributed by atoms with Crippen LogP contribution in [0.5, 0.6) is 5.75 Å². The molecule has 3 fully saturated rings. The topological polar surface area (TPSA) is 131 Å². The summed E-state index contributed by atoms with van der Waals surface area (Å²) in [6, 6.07) is 3.20.